The molecule has 2 atom stereocenters. The summed E-state index contributed by atoms with van der Waals surface area (Å²) in [5, 5.41) is 12.3. The average Bonchev–Trinajstić information content (AvgIpc) is 2.83. The third-order valence-electron chi connectivity index (χ3n) is 3.62. The molecule has 0 aromatic carbocycles. The first-order valence-corrected chi connectivity index (χ1v) is 7.96. The smallest absolute Gasteiger partial charge is 0.261 e. The van der Waals surface area contributed by atoms with Crippen LogP contribution in [0.5, 0.6) is 0 Å². The number of halogens is 1. The zero-order valence-electron chi connectivity index (χ0n) is 10.2. The minimum absolute atomic E-state index is 0.00652. The van der Waals surface area contributed by atoms with Gasteiger partial charge in [-0.3, -0.25) is 4.79 Å². The number of aliphatic hydroxyl groups is 1. The Morgan fingerprint density at radius 3 is 2.72 bits per heavy atom. The lowest BCUT2D eigenvalue weighted by Crippen LogP contribution is -2.35. The fourth-order valence-corrected chi connectivity index (χ4v) is 3.84. The molecule has 100 valence electrons. The number of aliphatic hydroxyl groups excluding tert-OH is 1. The molecule has 1 aromatic rings. The van der Waals surface area contributed by atoms with Crippen LogP contribution in [-0.2, 0) is 0 Å². The van der Waals surface area contributed by atoms with Crippen molar-refractivity contribution in [3.8, 4) is 0 Å². The van der Waals surface area contributed by atoms with Gasteiger partial charge in [-0.05, 0) is 52.7 Å². The quantitative estimate of drug-likeness (QED) is 0.890. The Hall–Kier alpha value is -0.390. The van der Waals surface area contributed by atoms with Gasteiger partial charge in [0, 0.05) is 13.2 Å². The molecular weight excluding hydrogens is 314 g/mol. The fourth-order valence-electron chi connectivity index (χ4n) is 2.54. The average molecular weight is 332 g/mol. The summed E-state index contributed by atoms with van der Waals surface area (Å²) in [5.74, 6) is 0.776. The summed E-state index contributed by atoms with van der Waals surface area (Å²) in [7, 11) is 0. The lowest BCUT2D eigenvalue weighted by molar-refractivity contribution is 0.0913. The SMILES string of the molecule is O=C(NCC1CCCCC1CO)c1ccc(Br)s1. The standard InChI is InChI=1S/C13H18BrNO2S/c14-12-6-5-11(18-12)13(17)15-7-9-3-1-2-4-10(9)8-16/h5-6,9-10,16H,1-4,7-8H2,(H,15,17). The number of amides is 1. The van der Waals surface area contributed by atoms with Crippen LogP contribution in [0, 0.1) is 11.8 Å². The van der Waals surface area contributed by atoms with Crippen molar-refractivity contribution in [3.05, 3.63) is 20.8 Å². The highest BCUT2D eigenvalue weighted by Crippen LogP contribution is 2.29. The predicted molar refractivity (Wildman–Crippen MR) is 76.9 cm³/mol. The first-order chi connectivity index (χ1) is 8.70. The van der Waals surface area contributed by atoms with Gasteiger partial charge in [-0.1, -0.05) is 12.8 Å². The molecule has 0 radical (unpaired) electrons. The molecule has 1 fully saturated rings. The molecule has 5 heteroatoms. The summed E-state index contributed by atoms with van der Waals surface area (Å²) in [6.45, 7) is 0.921. The van der Waals surface area contributed by atoms with Crippen molar-refractivity contribution < 1.29 is 9.90 Å². The van der Waals surface area contributed by atoms with Crippen LogP contribution in [0.3, 0.4) is 0 Å². The van der Waals surface area contributed by atoms with Crippen LogP contribution < -0.4 is 5.32 Å². The predicted octanol–water partition coefficient (Wildman–Crippen LogP) is 3.04. The van der Waals surface area contributed by atoms with Crippen molar-refractivity contribution in [2.45, 2.75) is 25.7 Å². The van der Waals surface area contributed by atoms with Crippen molar-refractivity contribution >= 4 is 33.2 Å². The van der Waals surface area contributed by atoms with Crippen LogP contribution in [0.25, 0.3) is 0 Å². The third-order valence-corrected chi connectivity index (χ3v) is 5.25. The molecule has 0 spiro atoms. The second-order valence-electron chi connectivity index (χ2n) is 4.80. The first-order valence-electron chi connectivity index (χ1n) is 6.35. The van der Waals surface area contributed by atoms with Crippen LogP contribution in [0.2, 0.25) is 0 Å². The number of nitrogens with one attached hydrogen (secondary N) is 1. The molecule has 1 aliphatic carbocycles. The molecule has 2 unspecified atom stereocenters. The molecule has 2 N–H and O–H groups in total. The number of hydrogen-bond acceptors (Lipinski definition) is 3. The summed E-state index contributed by atoms with van der Waals surface area (Å²) < 4.78 is 0.971. The fraction of sp³-hybridized carbons (Fsp3) is 0.615. The number of thiophene rings is 1. The summed E-state index contributed by atoms with van der Waals surface area (Å²) >= 11 is 4.80. The maximum Gasteiger partial charge on any atom is 0.261 e. The van der Waals surface area contributed by atoms with Gasteiger partial charge in [0.25, 0.3) is 5.91 Å². The van der Waals surface area contributed by atoms with E-state index in [-0.39, 0.29) is 12.5 Å². The molecule has 1 aliphatic rings. The van der Waals surface area contributed by atoms with Crippen LogP contribution in [0.1, 0.15) is 35.4 Å². The van der Waals surface area contributed by atoms with E-state index in [9.17, 15) is 9.90 Å². The van der Waals surface area contributed by atoms with E-state index in [2.05, 4.69) is 21.2 Å². The van der Waals surface area contributed by atoms with E-state index in [0.717, 1.165) is 21.5 Å². The molecule has 1 saturated carbocycles. The van der Waals surface area contributed by atoms with E-state index in [1.54, 1.807) is 0 Å². The normalized spacial score (nSPS) is 23.9. The number of carbonyl (C=O) groups excluding carboxylic acids is 1. The van der Waals surface area contributed by atoms with E-state index < -0.39 is 0 Å². The zero-order valence-corrected chi connectivity index (χ0v) is 12.6. The number of carbonyl (C=O) groups is 1. The van der Waals surface area contributed by atoms with Crippen LogP contribution >= 0.6 is 27.3 Å². The highest BCUT2D eigenvalue weighted by atomic mass is 79.9. The molecular formula is C13H18BrNO2S. The lowest BCUT2D eigenvalue weighted by atomic mass is 9.79. The Labute approximate surface area is 120 Å². The molecule has 0 saturated heterocycles. The minimum atomic E-state index is -0.00652. The van der Waals surface area contributed by atoms with Gasteiger partial charge in [0.05, 0.1) is 8.66 Å². The summed E-state index contributed by atoms with van der Waals surface area (Å²) in [4.78, 5) is 12.6. The van der Waals surface area contributed by atoms with E-state index in [1.807, 2.05) is 12.1 Å². The minimum Gasteiger partial charge on any atom is -0.396 e. The van der Waals surface area contributed by atoms with Gasteiger partial charge in [-0.2, -0.15) is 0 Å². The van der Waals surface area contributed by atoms with Crippen molar-refractivity contribution in [2.24, 2.45) is 11.8 Å². The highest BCUT2D eigenvalue weighted by Gasteiger charge is 2.24. The van der Waals surface area contributed by atoms with Crippen molar-refractivity contribution in [1.82, 2.24) is 5.32 Å². The summed E-state index contributed by atoms with van der Waals surface area (Å²) in [6, 6.07) is 3.71. The monoisotopic (exact) mass is 331 g/mol. The van der Waals surface area contributed by atoms with Gasteiger partial charge in [-0.25, -0.2) is 0 Å². The van der Waals surface area contributed by atoms with Gasteiger partial charge in [0.15, 0.2) is 0 Å². The largest absolute Gasteiger partial charge is 0.396 e. The van der Waals surface area contributed by atoms with Crippen LogP contribution in [-0.4, -0.2) is 24.2 Å². The van der Waals surface area contributed by atoms with Crippen molar-refractivity contribution in [3.63, 3.8) is 0 Å². The van der Waals surface area contributed by atoms with Crippen LogP contribution in [0.15, 0.2) is 15.9 Å². The maximum absolute atomic E-state index is 11.9. The van der Waals surface area contributed by atoms with Gasteiger partial charge in [0.1, 0.15) is 0 Å². The second kappa shape index (κ2) is 6.68. The highest BCUT2D eigenvalue weighted by molar-refractivity contribution is 9.11. The molecule has 2 rings (SSSR count). The van der Waals surface area contributed by atoms with Gasteiger partial charge in [0.2, 0.25) is 0 Å². The Morgan fingerprint density at radius 2 is 2.11 bits per heavy atom. The molecule has 3 nitrogen and oxygen atoms in total. The maximum atomic E-state index is 11.9. The van der Waals surface area contributed by atoms with Gasteiger partial charge in [-0.15, -0.1) is 11.3 Å². The van der Waals surface area contributed by atoms with Crippen molar-refractivity contribution in [2.75, 3.05) is 13.2 Å². The Balaban J connectivity index is 1.85. The summed E-state index contributed by atoms with van der Waals surface area (Å²) in [5.41, 5.74) is 0. The Bertz CT molecular complexity index is 407. The first kappa shape index (κ1) is 14.0. The van der Waals surface area contributed by atoms with Crippen LogP contribution in [0.4, 0.5) is 0 Å². The van der Waals surface area contributed by atoms with Crippen molar-refractivity contribution in [1.29, 1.82) is 0 Å². The second-order valence-corrected chi connectivity index (χ2v) is 7.26. The third kappa shape index (κ3) is 3.56. The summed E-state index contributed by atoms with van der Waals surface area (Å²) in [6.07, 6.45) is 4.61. The van der Waals surface area contributed by atoms with E-state index in [0.29, 0.717) is 18.4 Å². The zero-order chi connectivity index (χ0) is 13.0. The molecule has 0 bridgehead atoms. The number of rotatable bonds is 4. The van der Waals surface area contributed by atoms with E-state index >= 15 is 0 Å². The van der Waals surface area contributed by atoms with Gasteiger partial charge < -0.3 is 10.4 Å². The molecule has 1 aromatic heterocycles. The van der Waals surface area contributed by atoms with E-state index in [1.165, 1.54) is 24.2 Å². The van der Waals surface area contributed by atoms with Gasteiger partial charge >= 0.3 is 0 Å². The molecule has 1 amide bonds. The molecule has 18 heavy (non-hydrogen) atoms. The molecule has 0 aliphatic heterocycles. The topological polar surface area (TPSA) is 49.3 Å². The Morgan fingerprint density at radius 1 is 1.39 bits per heavy atom. The lowest BCUT2D eigenvalue weighted by Gasteiger charge is -2.30. The number of hydrogen-bond donors (Lipinski definition) is 2. The van der Waals surface area contributed by atoms with E-state index in [4.69, 9.17) is 0 Å². The Kier molecular flexibility index (Phi) is 5.21. The molecule has 1 heterocycles.